The minimum Gasteiger partial charge on any atom is -0.330 e. The van der Waals surface area contributed by atoms with Crippen molar-refractivity contribution < 1.29 is 0 Å². The second-order valence-corrected chi connectivity index (χ2v) is 7.02. The van der Waals surface area contributed by atoms with Crippen LogP contribution in [0.1, 0.15) is 63.7 Å². The zero-order valence-electron chi connectivity index (χ0n) is 12.1. The zero-order chi connectivity index (χ0) is 13.5. The van der Waals surface area contributed by atoms with Crippen molar-refractivity contribution in [3.05, 3.63) is 18.2 Å². The second-order valence-electron chi connectivity index (χ2n) is 7.02. The quantitative estimate of drug-likeness (QED) is 0.856. The van der Waals surface area contributed by atoms with Crippen LogP contribution in [-0.2, 0) is 0 Å². The summed E-state index contributed by atoms with van der Waals surface area (Å²) in [5.41, 5.74) is 7.75. The first-order valence-corrected chi connectivity index (χ1v) is 7.57. The van der Waals surface area contributed by atoms with E-state index in [9.17, 15) is 0 Å². The number of rotatable bonds is 5. The van der Waals surface area contributed by atoms with Crippen LogP contribution in [0.25, 0.3) is 0 Å². The molecule has 0 saturated heterocycles. The summed E-state index contributed by atoms with van der Waals surface area (Å²) in [6, 6.07) is 1.53. The molecule has 0 bridgehead atoms. The van der Waals surface area contributed by atoms with Crippen molar-refractivity contribution in [3.8, 4) is 0 Å². The summed E-state index contributed by atoms with van der Waals surface area (Å²) in [7, 11) is 0. The van der Waals surface area contributed by atoms with E-state index in [-0.39, 0.29) is 6.04 Å². The fourth-order valence-corrected chi connectivity index (χ4v) is 3.38. The van der Waals surface area contributed by atoms with Gasteiger partial charge in [0.15, 0.2) is 0 Å². The van der Waals surface area contributed by atoms with Crippen molar-refractivity contribution in [1.82, 2.24) is 14.9 Å². The number of nitrogens with one attached hydrogen (secondary N) is 1. The van der Waals surface area contributed by atoms with Crippen LogP contribution in [0.3, 0.4) is 0 Å². The van der Waals surface area contributed by atoms with Crippen molar-refractivity contribution in [2.75, 3.05) is 6.54 Å². The minimum absolute atomic E-state index is 0.252. The second kappa shape index (κ2) is 4.91. The number of nitrogens with zero attached hydrogens (tertiary/aromatic N) is 2. The molecule has 3 N–H and O–H groups in total. The lowest BCUT2D eigenvalue weighted by Crippen LogP contribution is -2.36. The van der Waals surface area contributed by atoms with E-state index in [0.29, 0.717) is 24.0 Å². The Morgan fingerprint density at radius 2 is 2.26 bits per heavy atom. The van der Waals surface area contributed by atoms with Crippen molar-refractivity contribution in [3.63, 3.8) is 0 Å². The van der Waals surface area contributed by atoms with Crippen molar-refractivity contribution in [2.45, 2.75) is 64.1 Å². The Morgan fingerprint density at radius 3 is 2.84 bits per heavy atom. The fourth-order valence-electron chi connectivity index (χ4n) is 3.38. The van der Waals surface area contributed by atoms with Crippen LogP contribution >= 0.6 is 0 Å². The largest absolute Gasteiger partial charge is 0.330 e. The van der Waals surface area contributed by atoms with Crippen LogP contribution in [0.5, 0.6) is 0 Å². The molecule has 1 aromatic heterocycles. The average Bonchev–Trinajstić information content (AvgIpc) is 3.00. The van der Waals surface area contributed by atoms with Crippen LogP contribution in [0.15, 0.2) is 12.5 Å². The number of hydrogen-bond acceptors (Lipinski definition) is 3. The molecule has 0 aliphatic heterocycles. The molecule has 19 heavy (non-hydrogen) atoms. The van der Waals surface area contributed by atoms with E-state index in [0.717, 1.165) is 0 Å². The van der Waals surface area contributed by atoms with Gasteiger partial charge in [0.25, 0.3) is 0 Å². The van der Waals surface area contributed by atoms with E-state index in [2.05, 4.69) is 28.7 Å². The van der Waals surface area contributed by atoms with Gasteiger partial charge in [0.05, 0.1) is 18.1 Å². The van der Waals surface area contributed by atoms with Gasteiger partial charge in [-0.1, -0.05) is 13.8 Å². The minimum atomic E-state index is 0.252. The first-order valence-electron chi connectivity index (χ1n) is 7.57. The SMILES string of the molecule is CC1(C)CCC(NC(CN)c2cncn2C2CC2)C1. The molecule has 2 fully saturated rings. The summed E-state index contributed by atoms with van der Waals surface area (Å²) in [5.74, 6) is 0. The summed E-state index contributed by atoms with van der Waals surface area (Å²) in [6.07, 6.45) is 10.4. The highest BCUT2D eigenvalue weighted by Gasteiger charge is 2.33. The standard InChI is InChI=1S/C15H26N4/c1-15(2)6-5-11(7-15)18-13(8-16)14-9-17-10-19(14)12-3-4-12/h9-13,18H,3-8,16H2,1-2H3. The van der Waals surface area contributed by atoms with E-state index in [1.54, 1.807) is 0 Å². The molecule has 2 saturated carbocycles. The molecular formula is C15H26N4. The van der Waals surface area contributed by atoms with Gasteiger partial charge in [-0.2, -0.15) is 0 Å². The Bertz CT molecular complexity index is 433. The predicted molar refractivity (Wildman–Crippen MR) is 76.8 cm³/mol. The molecule has 106 valence electrons. The van der Waals surface area contributed by atoms with Gasteiger partial charge in [-0.05, 0) is 37.5 Å². The summed E-state index contributed by atoms with van der Waals surface area (Å²) >= 11 is 0. The smallest absolute Gasteiger partial charge is 0.0951 e. The summed E-state index contributed by atoms with van der Waals surface area (Å²) < 4.78 is 2.32. The van der Waals surface area contributed by atoms with Crippen molar-refractivity contribution in [2.24, 2.45) is 11.1 Å². The van der Waals surface area contributed by atoms with Gasteiger partial charge in [0.1, 0.15) is 0 Å². The molecule has 2 aliphatic carbocycles. The third kappa shape index (κ3) is 2.84. The molecule has 3 rings (SSSR count). The normalized spacial score (nSPS) is 27.6. The van der Waals surface area contributed by atoms with Gasteiger partial charge in [0.2, 0.25) is 0 Å². The Balaban J connectivity index is 1.69. The monoisotopic (exact) mass is 262 g/mol. The lowest BCUT2D eigenvalue weighted by molar-refractivity contribution is 0.350. The molecule has 2 atom stereocenters. The first kappa shape index (κ1) is 13.1. The predicted octanol–water partition coefficient (Wildman–Crippen LogP) is 2.39. The maximum atomic E-state index is 6.00. The highest BCUT2D eigenvalue weighted by atomic mass is 15.1. The highest BCUT2D eigenvalue weighted by Crippen LogP contribution is 2.39. The van der Waals surface area contributed by atoms with Crippen LogP contribution in [0.4, 0.5) is 0 Å². The summed E-state index contributed by atoms with van der Waals surface area (Å²) in [4.78, 5) is 4.32. The van der Waals surface area contributed by atoms with Gasteiger partial charge >= 0.3 is 0 Å². The van der Waals surface area contributed by atoms with E-state index in [1.807, 2.05) is 12.5 Å². The lowest BCUT2D eigenvalue weighted by atomic mass is 9.92. The molecule has 1 heterocycles. The molecule has 0 spiro atoms. The van der Waals surface area contributed by atoms with Crippen molar-refractivity contribution in [1.29, 1.82) is 0 Å². The maximum Gasteiger partial charge on any atom is 0.0951 e. The Hall–Kier alpha value is -0.870. The molecule has 1 aromatic rings. The molecular weight excluding hydrogens is 236 g/mol. The van der Waals surface area contributed by atoms with E-state index >= 15 is 0 Å². The molecule has 2 aliphatic rings. The average molecular weight is 262 g/mol. The molecule has 2 unspecified atom stereocenters. The summed E-state index contributed by atoms with van der Waals surface area (Å²) in [6.45, 7) is 5.37. The number of aromatic nitrogens is 2. The molecule has 4 nitrogen and oxygen atoms in total. The van der Waals surface area contributed by atoms with Gasteiger partial charge in [0, 0.05) is 24.8 Å². The van der Waals surface area contributed by atoms with Gasteiger partial charge in [-0.25, -0.2) is 4.98 Å². The number of hydrogen-bond donors (Lipinski definition) is 2. The van der Waals surface area contributed by atoms with E-state index < -0.39 is 0 Å². The topological polar surface area (TPSA) is 55.9 Å². The Labute approximate surface area is 115 Å². The highest BCUT2D eigenvalue weighted by molar-refractivity contribution is 5.10. The van der Waals surface area contributed by atoms with Crippen LogP contribution in [0, 0.1) is 5.41 Å². The van der Waals surface area contributed by atoms with Gasteiger partial charge in [-0.3, -0.25) is 0 Å². The van der Waals surface area contributed by atoms with E-state index in [1.165, 1.54) is 37.8 Å². The van der Waals surface area contributed by atoms with Crippen LogP contribution in [0.2, 0.25) is 0 Å². The Morgan fingerprint density at radius 1 is 1.47 bits per heavy atom. The van der Waals surface area contributed by atoms with E-state index in [4.69, 9.17) is 5.73 Å². The Kier molecular flexibility index (Phi) is 3.39. The fraction of sp³-hybridized carbons (Fsp3) is 0.800. The lowest BCUT2D eigenvalue weighted by Gasteiger charge is -2.24. The molecule has 0 radical (unpaired) electrons. The summed E-state index contributed by atoms with van der Waals surface area (Å²) in [5, 5.41) is 3.76. The van der Waals surface area contributed by atoms with Crippen LogP contribution < -0.4 is 11.1 Å². The van der Waals surface area contributed by atoms with Gasteiger partial charge < -0.3 is 15.6 Å². The number of imidazole rings is 1. The van der Waals surface area contributed by atoms with Crippen molar-refractivity contribution >= 4 is 0 Å². The first-order chi connectivity index (χ1) is 9.09. The zero-order valence-corrected chi connectivity index (χ0v) is 12.1. The van der Waals surface area contributed by atoms with Crippen LogP contribution in [-0.4, -0.2) is 22.1 Å². The molecule has 4 heteroatoms. The van der Waals surface area contributed by atoms with Gasteiger partial charge in [-0.15, -0.1) is 0 Å². The molecule has 0 aromatic carbocycles. The maximum absolute atomic E-state index is 6.00. The third-order valence-electron chi connectivity index (χ3n) is 4.63. The number of nitrogens with two attached hydrogens (primary N) is 1. The molecule has 0 amide bonds. The third-order valence-corrected chi connectivity index (χ3v) is 4.63.